The van der Waals surface area contributed by atoms with Crippen molar-refractivity contribution in [2.75, 3.05) is 12.9 Å². The minimum atomic E-state index is -3.29. The molecule has 0 spiro atoms. The summed E-state index contributed by atoms with van der Waals surface area (Å²) >= 11 is 0. The van der Waals surface area contributed by atoms with Crippen molar-refractivity contribution in [2.45, 2.75) is 29.6 Å². The predicted octanol–water partition coefficient (Wildman–Crippen LogP) is 1.48. The summed E-state index contributed by atoms with van der Waals surface area (Å²) in [5.41, 5.74) is 1.69. The van der Waals surface area contributed by atoms with Crippen molar-refractivity contribution in [1.29, 1.82) is 0 Å². The molecule has 0 aliphatic carbocycles. The first-order chi connectivity index (χ1) is 11.8. The fourth-order valence-electron chi connectivity index (χ4n) is 3.00. The lowest BCUT2D eigenvalue weighted by Crippen LogP contribution is -2.24. The van der Waals surface area contributed by atoms with Gasteiger partial charge in [0.2, 0.25) is 0 Å². The Balaban J connectivity index is 2.36. The standard InChI is InChI=1S/C19H22O5S/c1-25(23,24)16-9-7-15(8-10-16)18(13-20)17(11-12-19(21)22)14-5-3-2-4-6-14/h2-10,17-18,20H,11-13H2,1H3,(H,21,22)/p-1/t17-,18+/m0/s1. The number of hydrogen-bond donors (Lipinski definition) is 1. The summed E-state index contributed by atoms with van der Waals surface area (Å²) in [6.07, 6.45) is 1.35. The Labute approximate surface area is 147 Å². The van der Waals surface area contributed by atoms with E-state index in [1.54, 1.807) is 12.1 Å². The molecule has 0 saturated heterocycles. The third kappa shape index (κ3) is 5.14. The topological polar surface area (TPSA) is 94.5 Å². The number of carboxylic acid groups (broad SMARTS) is 1. The van der Waals surface area contributed by atoms with Crippen LogP contribution in [0.2, 0.25) is 0 Å². The van der Waals surface area contributed by atoms with Crippen molar-refractivity contribution in [3.05, 3.63) is 65.7 Å². The smallest absolute Gasteiger partial charge is 0.175 e. The van der Waals surface area contributed by atoms with Gasteiger partial charge < -0.3 is 15.0 Å². The summed E-state index contributed by atoms with van der Waals surface area (Å²) in [5.74, 6) is -1.69. The second-order valence-electron chi connectivity index (χ2n) is 6.06. The van der Waals surface area contributed by atoms with Crippen LogP contribution in [0, 0.1) is 0 Å². The molecule has 0 amide bonds. The summed E-state index contributed by atoms with van der Waals surface area (Å²) < 4.78 is 23.2. The molecule has 5 nitrogen and oxygen atoms in total. The molecule has 0 aromatic heterocycles. The van der Waals surface area contributed by atoms with E-state index in [0.717, 1.165) is 17.4 Å². The number of carbonyl (C=O) groups is 1. The molecule has 2 rings (SSSR count). The predicted molar refractivity (Wildman–Crippen MR) is 92.8 cm³/mol. The summed E-state index contributed by atoms with van der Waals surface area (Å²) in [4.78, 5) is 11.1. The van der Waals surface area contributed by atoms with Gasteiger partial charge in [0, 0.05) is 18.1 Å². The summed E-state index contributed by atoms with van der Waals surface area (Å²) in [6.45, 7) is -0.176. The normalized spacial score (nSPS) is 14.0. The van der Waals surface area contributed by atoms with Crippen LogP contribution in [0.15, 0.2) is 59.5 Å². The number of aliphatic hydroxyl groups excluding tert-OH is 1. The highest BCUT2D eigenvalue weighted by Gasteiger charge is 2.24. The molecule has 0 unspecified atom stereocenters. The Morgan fingerprint density at radius 3 is 2.04 bits per heavy atom. The minimum Gasteiger partial charge on any atom is -0.550 e. The fourth-order valence-corrected chi connectivity index (χ4v) is 3.63. The molecule has 134 valence electrons. The van der Waals surface area contributed by atoms with Crippen molar-refractivity contribution in [3.8, 4) is 0 Å². The zero-order chi connectivity index (χ0) is 18.4. The van der Waals surface area contributed by atoms with E-state index in [-0.39, 0.29) is 29.8 Å². The lowest BCUT2D eigenvalue weighted by Gasteiger charge is -2.27. The molecule has 2 aromatic rings. The molecular formula is C19H21O5S-. The number of carboxylic acids is 1. The highest BCUT2D eigenvalue weighted by atomic mass is 32.2. The van der Waals surface area contributed by atoms with Gasteiger partial charge in [-0.2, -0.15) is 0 Å². The monoisotopic (exact) mass is 361 g/mol. The van der Waals surface area contributed by atoms with E-state index in [9.17, 15) is 23.4 Å². The number of aliphatic carboxylic acids is 1. The average molecular weight is 361 g/mol. The van der Waals surface area contributed by atoms with Crippen LogP contribution in [0.3, 0.4) is 0 Å². The quantitative estimate of drug-likeness (QED) is 0.768. The molecule has 0 fully saturated rings. The van der Waals surface area contributed by atoms with Crippen LogP contribution in [-0.2, 0) is 14.6 Å². The van der Waals surface area contributed by atoms with Gasteiger partial charge in [-0.15, -0.1) is 0 Å². The third-order valence-corrected chi connectivity index (χ3v) is 5.43. The van der Waals surface area contributed by atoms with Crippen LogP contribution >= 0.6 is 0 Å². The second-order valence-corrected chi connectivity index (χ2v) is 8.07. The SMILES string of the molecule is CS(=O)(=O)c1ccc([C@@H](CO)[C@@H](CCC(=O)[O-])c2ccccc2)cc1. The van der Waals surface area contributed by atoms with Crippen LogP contribution < -0.4 is 5.11 Å². The number of carbonyl (C=O) groups excluding carboxylic acids is 1. The maximum Gasteiger partial charge on any atom is 0.175 e. The molecule has 0 aliphatic heterocycles. The lowest BCUT2D eigenvalue weighted by atomic mass is 9.79. The number of hydrogen-bond acceptors (Lipinski definition) is 5. The molecule has 1 N–H and O–H groups in total. The van der Waals surface area contributed by atoms with Crippen molar-refractivity contribution >= 4 is 15.8 Å². The van der Waals surface area contributed by atoms with Crippen LogP contribution in [0.4, 0.5) is 0 Å². The molecule has 0 saturated carbocycles. The number of aliphatic hydroxyl groups is 1. The number of benzene rings is 2. The van der Waals surface area contributed by atoms with Gasteiger partial charge in [-0.25, -0.2) is 8.42 Å². The van der Waals surface area contributed by atoms with Gasteiger partial charge in [-0.1, -0.05) is 42.5 Å². The van der Waals surface area contributed by atoms with E-state index in [2.05, 4.69) is 0 Å². The summed E-state index contributed by atoms with van der Waals surface area (Å²) in [6, 6.07) is 15.8. The van der Waals surface area contributed by atoms with E-state index in [1.807, 2.05) is 30.3 Å². The van der Waals surface area contributed by atoms with E-state index < -0.39 is 15.8 Å². The van der Waals surface area contributed by atoms with Gasteiger partial charge in [-0.3, -0.25) is 0 Å². The van der Waals surface area contributed by atoms with Gasteiger partial charge in [0.25, 0.3) is 0 Å². The molecule has 2 atom stereocenters. The largest absolute Gasteiger partial charge is 0.550 e. The summed E-state index contributed by atoms with van der Waals surface area (Å²) in [5, 5.41) is 20.8. The highest BCUT2D eigenvalue weighted by Crippen LogP contribution is 2.36. The van der Waals surface area contributed by atoms with Gasteiger partial charge >= 0.3 is 0 Å². The maximum absolute atomic E-state index is 11.6. The van der Waals surface area contributed by atoms with Gasteiger partial charge in [0.15, 0.2) is 9.84 Å². The van der Waals surface area contributed by atoms with E-state index >= 15 is 0 Å². The van der Waals surface area contributed by atoms with Crippen LogP contribution in [-0.4, -0.2) is 32.4 Å². The molecule has 0 heterocycles. The Morgan fingerprint density at radius 2 is 1.56 bits per heavy atom. The Kier molecular flexibility index (Phi) is 6.33. The Hall–Kier alpha value is -2.18. The number of rotatable bonds is 8. The molecule has 2 aromatic carbocycles. The maximum atomic E-state index is 11.6. The summed E-state index contributed by atoms with van der Waals surface area (Å²) in [7, 11) is -3.29. The van der Waals surface area contributed by atoms with Crippen LogP contribution in [0.5, 0.6) is 0 Å². The first-order valence-corrected chi connectivity index (χ1v) is 9.87. The van der Waals surface area contributed by atoms with E-state index in [4.69, 9.17) is 0 Å². The molecule has 0 bridgehead atoms. The van der Waals surface area contributed by atoms with E-state index in [1.165, 1.54) is 12.1 Å². The van der Waals surface area contributed by atoms with Crippen LogP contribution in [0.1, 0.15) is 35.8 Å². The van der Waals surface area contributed by atoms with Gasteiger partial charge in [0.1, 0.15) is 0 Å². The average Bonchev–Trinajstić information content (AvgIpc) is 2.58. The number of sulfone groups is 1. The van der Waals surface area contributed by atoms with Crippen molar-refractivity contribution in [1.82, 2.24) is 0 Å². The third-order valence-electron chi connectivity index (χ3n) is 4.31. The first kappa shape index (κ1) is 19.1. The van der Waals surface area contributed by atoms with E-state index in [0.29, 0.717) is 6.42 Å². The lowest BCUT2D eigenvalue weighted by molar-refractivity contribution is -0.305. The zero-order valence-corrected chi connectivity index (χ0v) is 14.8. The fraction of sp³-hybridized carbons (Fsp3) is 0.316. The van der Waals surface area contributed by atoms with Crippen molar-refractivity contribution in [3.63, 3.8) is 0 Å². The van der Waals surface area contributed by atoms with Crippen LogP contribution in [0.25, 0.3) is 0 Å². The molecule has 6 heteroatoms. The van der Waals surface area contributed by atoms with Gasteiger partial charge in [0.05, 0.1) is 11.5 Å². The first-order valence-electron chi connectivity index (χ1n) is 7.98. The molecule has 25 heavy (non-hydrogen) atoms. The van der Waals surface area contributed by atoms with Crippen molar-refractivity contribution < 1.29 is 23.4 Å². The second kappa shape index (κ2) is 8.27. The molecular weight excluding hydrogens is 340 g/mol. The molecule has 0 aliphatic rings. The van der Waals surface area contributed by atoms with Crippen molar-refractivity contribution in [2.24, 2.45) is 0 Å². The highest BCUT2D eigenvalue weighted by molar-refractivity contribution is 7.90. The Morgan fingerprint density at radius 1 is 1.00 bits per heavy atom. The minimum absolute atomic E-state index is 0.114. The molecule has 0 radical (unpaired) electrons. The Bertz CT molecular complexity index is 797. The van der Waals surface area contributed by atoms with Gasteiger partial charge in [-0.05, 0) is 42.0 Å². The zero-order valence-electron chi connectivity index (χ0n) is 14.0.